The highest BCUT2D eigenvalue weighted by atomic mass is 31.1. The van der Waals surface area contributed by atoms with Crippen LogP contribution in [0.4, 0.5) is 0 Å². The van der Waals surface area contributed by atoms with Gasteiger partial charge < -0.3 is 14.0 Å². The van der Waals surface area contributed by atoms with Gasteiger partial charge in [-0.1, -0.05) is 194 Å². The van der Waals surface area contributed by atoms with Crippen molar-refractivity contribution < 1.29 is 37.2 Å². The number of likely N-dealkylation sites (N-methyl/N-ethyl adjacent to an activating group) is 1. The standard InChI is InChI=1S/C44H88NO7P/c1-6-8-10-12-14-16-18-20-22-24-26-28-30-32-34-36-43(46)49-40-42(41-51-53(48)50-39-38-45(3,4)5)52-44(47)37-35-33-31-29-27-25-23-21-19-17-15-13-11-9-7-2/h42H,6-41H2,1-5H3/q+2. The second kappa shape index (κ2) is 39.2. The summed E-state index contributed by atoms with van der Waals surface area (Å²) in [5, 5.41) is 0. The fraction of sp³-hybridized carbons (Fsp3) is 0.955. The maximum atomic E-state index is 12.7. The molecule has 0 N–H and O–H groups in total. The number of quaternary nitrogens is 1. The first-order chi connectivity index (χ1) is 25.7. The van der Waals surface area contributed by atoms with Crippen molar-refractivity contribution in [3.8, 4) is 0 Å². The van der Waals surface area contributed by atoms with E-state index in [1.54, 1.807) is 0 Å². The molecule has 0 aromatic rings. The van der Waals surface area contributed by atoms with Gasteiger partial charge in [-0.2, -0.15) is 0 Å². The zero-order chi connectivity index (χ0) is 39.1. The summed E-state index contributed by atoms with van der Waals surface area (Å²) in [6.45, 7) is 5.26. The van der Waals surface area contributed by atoms with Crippen molar-refractivity contribution >= 4 is 20.2 Å². The minimum Gasteiger partial charge on any atom is -0.462 e. The molecule has 53 heavy (non-hydrogen) atoms. The number of hydrogen-bond donors (Lipinski definition) is 0. The van der Waals surface area contributed by atoms with E-state index in [4.69, 9.17) is 18.5 Å². The number of esters is 2. The Bertz CT molecular complexity index is 835. The first kappa shape index (κ1) is 51.9. The number of rotatable bonds is 42. The Kier molecular flexibility index (Phi) is 38.4. The quantitative estimate of drug-likeness (QED) is 0.0264. The third-order valence-electron chi connectivity index (χ3n) is 10.0. The second-order valence-corrected chi connectivity index (χ2v) is 17.5. The average molecular weight is 774 g/mol. The number of unbranched alkanes of at least 4 members (excludes halogenated alkanes) is 28. The van der Waals surface area contributed by atoms with E-state index in [1.165, 1.54) is 154 Å². The molecule has 0 saturated carbocycles. The number of carbonyl (C=O) groups excluding carboxylic acids is 2. The molecule has 0 spiro atoms. The van der Waals surface area contributed by atoms with Gasteiger partial charge >= 0.3 is 20.2 Å². The van der Waals surface area contributed by atoms with Gasteiger partial charge in [0.05, 0.1) is 21.1 Å². The zero-order valence-electron chi connectivity index (χ0n) is 35.8. The van der Waals surface area contributed by atoms with Crippen LogP contribution in [0, 0.1) is 0 Å². The van der Waals surface area contributed by atoms with Gasteiger partial charge in [-0.3, -0.25) is 9.59 Å². The van der Waals surface area contributed by atoms with Crippen LogP contribution in [-0.2, 0) is 32.7 Å². The zero-order valence-corrected chi connectivity index (χ0v) is 36.7. The average Bonchev–Trinajstić information content (AvgIpc) is 3.12. The molecule has 0 fully saturated rings. The molecule has 9 heteroatoms. The summed E-state index contributed by atoms with van der Waals surface area (Å²) >= 11 is 0. The van der Waals surface area contributed by atoms with Crippen molar-refractivity contribution in [2.45, 2.75) is 225 Å². The first-order valence-corrected chi connectivity index (χ1v) is 23.7. The SMILES string of the molecule is CCCCCCCCCCCCCCCCCC(=O)OCC(CO[P+](=O)OCC[N+](C)(C)C)OC(=O)CCCCCCCCCCCCCCCCC. The molecular weight excluding hydrogens is 685 g/mol. The van der Waals surface area contributed by atoms with Crippen LogP contribution in [0.5, 0.6) is 0 Å². The van der Waals surface area contributed by atoms with E-state index >= 15 is 0 Å². The van der Waals surface area contributed by atoms with Gasteiger partial charge in [0.25, 0.3) is 0 Å². The Hall–Kier alpha value is -1.08. The maximum Gasteiger partial charge on any atom is 0.697 e. The summed E-state index contributed by atoms with van der Waals surface area (Å²) in [7, 11) is 3.72. The molecule has 0 heterocycles. The van der Waals surface area contributed by atoms with Crippen LogP contribution in [0.25, 0.3) is 0 Å². The fourth-order valence-corrected chi connectivity index (χ4v) is 7.06. The Balaban J connectivity index is 4.19. The normalized spacial score (nSPS) is 12.6. The summed E-state index contributed by atoms with van der Waals surface area (Å²) in [4.78, 5) is 25.1. The molecule has 8 nitrogen and oxygen atoms in total. The third-order valence-corrected chi connectivity index (χ3v) is 10.8. The topological polar surface area (TPSA) is 88.1 Å². The van der Waals surface area contributed by atoms with Crippen molar-refractivity contribution in [2.75, 3.05) is 47.5 Å². The molecule has 0 bridgehead atoms. The van der Waals surface area contributed by atoms with E-state index in [2.05, 4.69) is 13.8 Å². The number of ether oxygens (including phenoxy) is 2. The van der Waals surface area contributed by atoms with Gasteiger partial charge in [0, 0.05) is 17.4 Å². The molecule has 0 aromatic carbocycles. The second-order valence-electron chi connectivity index (χ2n) is 16.6. The Labute approximate surface area is 329 Å². The van der Waals surface area contributed by atoms with E-state index in [0.29, 0.717) is 23.9 Å². The fourth-order valence-electron chi connectivity index (χ4n) is 6.47. The van der Waals surface area contributed by atoms with Crippen molar-refractivity contribution in [2.24, 2.45) is 0 Å². The van der Waals surface area contributed by atoms with Crippen molar-refractivity contribution in [1.82, 2.24) is 0 Å². The van der Waals surface area contributed by atoms with Gasteiger partial charge in [-0.25, -0.2) is 0 Å². The molecule has 0 aliphatic rings. The molecular formula is C44H88NO7P+2. The molecule has 314 valence electrons. The smallest absolute Gasteiger partial charge is 0.462 e. The molecule has 0 aliphatic carbocycles. The molecule has 0 amide bonds. The van der Waals surface area contributed by atoms with E-state index < -0.39 is 14.4 Å². The van der Waals surface area contributed by atoms with Gasteiger partial charge in [-0.15, -0.1) is 9.05 Å². The summed E-state index contributed by atoms with van der Waals surface area (Å²) in [6.07, 6.45) is 38.0. The third kappa shape index (κ3) is 41.9. The first-order valence-electron chi connectivity index (χ1n) is 22.6. The lowest BCUT2D eigenvalue weighted by atomic mass is 10.0. The number of carbonyl (C=O) groups is 2. The Morgan fingerprint density at radius 3 is 1.17 bits per heavy atom. The van der Waals surface area contributed by atoms with E-state index in [-0.39, 0.29) is 31.8 Å². The van der Waals surface area contributed by atoms with Gasteiger partial charge in [0.1, 0.15) is 19.8 Å². The molecule has 2 unspecified atom stereocenters. The highest BCUT2D eigenvalue weighted by Gasteiger charge is 2.27. The Morgan fingerprint density at radius 1 is 0.472 bits per heavy atom. The van der Waals surface area contributed by atoms with Crippen LogP contribution in [0.1, 0.15) is 219 Å². The van der Waals surface area contributed by atoms with Crippen molar-refractivity contribution in [3.63, 3.8) is 0 Å². The molecule has 2 atom stereocenters. The van der Waals surface area contributed by atoms with Gasteiger partial charge in [0.2, 0.25) is 0 Å². The number of hydrogen-bond acceptors (Lipinski definition) is 7. The highest BCUT2D eigenvalue weighted by molar-refractivity contribution is 7.33. The minimum atomic E-state index is -2.36. The van der Waals surface area contributed by atoms with Gasteiger partial charge in [-0.05, 0) is 12.8 Å². The number of nitrogens with zero attached hydrogens (tertiary/aromatic N) is 1. The van der Waals surface area contributed by atoms with Crippen LogP contribution >= 0.6 is 8.25 Å². The van der Waals surface area contributed by atoms with Crippen molar-refractivity contribution in [3.05, 3.63) is 0 Å². The van der Waals surface area contributed by atoms with Crippen LogP contribution in [0.3, 0.4) is 0 Å². The van der Waals surface area contributed by atoms with E-state index in [1.807, 2.05) is 21.1 Å². The predicted octanol–water partition coefficient (Wildman–Crippen LogP) is 13.4. The molecule has 0 aliphatic heterocycles. The van der Waals surface area contributed by atoms with E-state index in [9.17, 15) is 14.2 Å². The predicted molar refractivity (Wildman–Crippen MR) is 222 cm³/mol. The summed E-state index contributed by atoms with van der Waals surface area (Å²) < 4.78 is 34.8. The molecule has 0 aromatic heterocycles. The lowest BCUT2D eigenvalue weighted by Crippen LogP contribution is -2.37. The summed E-state index contributed by atoms with van der Waals surface area (Å²) in [5.74, 6) is -0.639. The monoisotopic (exact) mass is 774 g/mol. The highest BCUT2D eigenvalue weighted by Crippen LogP contribution is 2.24. The van der Waals surface area contributed by atoms with Crippen LogP contribution in [-0.4, -0.2) is 70.0 Å². The van der Waals surface area contributed by atoms with Crippen LogP contribution in [0.2, 0.25) is 0 Å². The van der Waals surface area contributed by atoms with Crippen molar-refractivity contribution in [1.29, 1.82) is 0 Å². The summed E-state index contributed by atoms with van der Waals surface area (Å²) in [5.41, 5.74) is 0. The lowest BCUT2D eigenvalue weighted by Gasteiger charge is -2.21. The van der Waals surface area contributed by atoms with Crippen LogP contribution < -0.4 is 0 Å². The Morgan fingerprint density at radius 2 is 0.811 bits per heavy atom. The van der Waals surface area contributed by atoms with Gasteiger partial charge in [0.15, 0.2) is 12.7 Å². The largest absolute Gasteiger partial charge is 0.697 e. The lowest BCUT2D eigenvalue weighted by molar-refractivity contribution is -0.870. The van der Waals surface area contributed by atoms with E-state index in [0.717, 1.165) is 38.5 Å². The maximum absolute atomic E-state index is 12.7. The minimum absolute atomic E-state index is 0.107. The van der Waals surface area contributed by atoms with Crippen LogP contribution in [0.15, 0.2) is 0 Å². The summed E-state index contributed by atoms with van der Waals surface area (Å²) in [6, 6.07) is 0. The molecule has 0 rings (SSSR count). The molecule has 0 radical (unpaired) electrons. The molecule has 0 saturated heterocycles.